The number of hydrogen-bond donors (Lipinski definition) is 0. The lowest BCUT2D eigenvalue weighted by atomic mass is 9.69. The smallest absolute Gasteiger partial charge is 0.0726 e. The first kappa shape index (κ1) is 70.0. The Hall–Kier alpha value is -12.9. The zero-order valence-corrected chi connectivity index (χ0v) is 67.1. The van der Waals surface area contributed by atoms with Gasteiger partial charge in [-0.2, -0.15) is 0 Å². The quantitative estimate of drug-likeness (QED) is 0.127. The average molecular weight is 1480 g/mol. The third kappa shape index (κ3) is 11.1. The van der Waals surface area contributed by atoms with Crippen molar-refractivity contribution in [2.75, 3.05) is 9.80 Å². The number of fused-ring (bicyclic) bond motifs is 22. The predicted octanol–water partition coefficient (Wildman–Crippen LogP) is 29.6. The van der Waals surface area contributed by atoms with E-state index in [4.69, 9.17) is 0 Å². The molecule has 115 heavy (non-hydrogen) atoms. The molecule has 0 unspecified atom stereocenters. The summed E-state index contributed by atoms with van der Waals surface area (Å²) in [4.78, 5) is 5.05. The molecule has 5 aliphatic carbocycles. The summed E-state index contributed by atoms with van der Waals surface area (Å²) in [6.07, 6.45) is 2.44. The molecule has 0 saturated carbocycles. The van der Waals surface area contributed by atoms with Crippen LogP contribution in [0.2, 0.25) is 0 Å². The largest absolute Gasteiger partial charge is 0.310 e. The summed E-state index contributed by atoms with van der Waals surface area (Å²) in [5.74, 6) is 0. The Kier molecular flexibility index (Phi) is 16.0. The molecular weight excluding hydrogens is 1390 g/mol. The maximum Gasteiger partial charge on any atom is 0.0726 e. The van der Waals surface area contributed by atoms with Gasteiger partial charge in [0.1, 0.15) is 0 Å². The Morgan fingerprint density at radius 2 is 0.600 bits per heavy atom. The van der Waals surface area contributed by atoms with Crippen molar-refractivity contribution in [3.63, 3.8) is 0 Å². The molecule has 2 heteroatoms. The van der Waals surface area contributed by atoms with Gasteiger partial charge < -0.3 is 9.80 Å². The van der Waals surface area contributed by atoms with Crippen molar-refractivity contribution < 1.29 is 0 Å². The molecule has 0 fully saturated rings. The molecule has 0 amide bonds. The van der Waals surface area contributed by atoms with Gasteiger partial charge in [-0.3, -0.25) is 0 Å². The van der Waals surface area contributed by atoms with Gasteiger partial charge >= 0.3 is 0 Å². The van der Waals surface area contributed by atoms with E-state index in [0.717, 1.165) is 53.4 Å². The van der Waals surface area contributed by atoms with Gasteiger partial charge in [0.2, 0.25) is 0 Å². The molecule has 1 spiro atoms. The second-order valence-electron chi connectivity index (χ2n) is 35.6. The molecule has 0 saturated heterocycles. The van der Waals surface area contributed by atoms with Crippen LogP contribution in [0.15, 0.2) is 358 Å². The van der Waals surface area contributed by atoms with E-state index in [1.165, 1.54) is 172 Å². The first-order valence-corrected chi connectivity index (χ1v) is 41.2. The van der Waals surface area contributed by atoms with Crippen LogP contribution in [0.3, 0.4) is 0 Å². The van der Waals surface area contributed by atoms with E-state index in [-0.39, 0.29) is 21.7 Å². The van der Waals surface area contributed by atoms with Gasteiger partial charge in [0.05, 0.1) is 11.1 Å². The van der Waals surface area contributed by atoms with Crippen LogP contribution < -0.4 is 9.80 Å². The lowest BCUT2D eigenvalue weighted by Gasteiger charge is -2.33. The van der Waals surface area contributed by atoms with Gasteiger partial charge in [-0.25, -0.2) is 0 Å². The molecule has 0 atom stereocenters. The van der Waals surface area contributed by atoms with Crippen molar-refractivity contribution in [2.45, 2.75) is 109 Å². The minimum atomic E-state index is -0.508. The van der Waals surface area contributed by atoms with Crippen molar-refractivity contribution in [2.24, 2.45) is 0 Å². The molecule has 0 aliphatic heterocycles. The van der Waals surface area contributed by atoms with Crippen LogP contribution >= 0.6 is 0 Å². The highest BCUT2D eigenvalue weighted by atomic mass is 15.2. The van der Waals surface area contributed by atoms with Crippen molar-refractivity contribution in [3.05, 3.63) is 441 Å². The van der Waals surface area contributed by atoms with Crippen molar-refractivity contribution in [1.29, 1.82) is 0 Å². The summed E-state index contributed by atoms with van der Waals surface area (Å²) in [6, 6.07) is 137. The Labute approximate surface area is 678 Å². The summed E-state index contributed by atoms with van der Waals surface area (Å²) in [5, 5.41) is 0. The molecule has 0 radical (unpaired) electrons. The number of benzene rings is 16. The standard InChI is InChI=1S/C113H92N2/c1-109(2,3)80-49-58-98-99-62-55-85(70-107(99)113(106(98)67-80)102-40-24-19-36-94(102)95-37-20-25-41-103(95)113)114(84-54-60-96-92-34-17-22-38-100(92)111(6,7)104(96)68-84)82-51-47-74(48-52-82)73-45-43-72(44-46-73)71-110(4,5)81-50-57-89-78(65-81)63-76-29-13-15-31-87(76)88-32-16-14-30-77(88)64-79-66-83(53-59-90(79)89)115(108-42-26-21-33-91(108)75-27-11-10-12-28-75)86-56-61-97-93-35-18-23-39-101(93)112(8,9)105(97)69-86/h10-62,65-70H,63-64,71H2,1-9H3. The molecule has 5 aliphatic rings. The number of hydrogen-bond acceptors (Lipinski definition) is 2. The van der Waals surface area contributed by atoms with Crippen molar-refractivity contribution in [3.8, 4) is 89.0 Å². The molecular formula is C113H92N2. The van der Waals surface area contributed by atoms with Crippen molar-refractivity contribution in [1.82, 2.24) is 0 Å². The van der Waals surface area contributed by atoms with Crippen molar-refractivity contribution >= 4 is 34.1 Å². The fourth-order valence-corrected chi connectivity index (χ4v) is 20.9. The summed E-state index contributed by atoms with van der Waals surface area (Å²) in [6.45, 7) is 21.5. The molecule has 21 rings (SSSR count). The van der Waals surface area contributed by atoms with E-state index in [2.05, 4.69) is 430 Å². The van der Waals surface area contributed by atoms with Crippen LogP contribution in [-0.2, 0) is 46.3 Å². The summed E-state index contributed by atoms with van der Waals surface area (Å²) >= 11 is 0. The fourth-order valence-electron chi connectivity index (χ4n) is 20.9. The Bertz CT molecular complexity index is 6590. The molecule has 16 aromatic rings. The van der Waals surface area contributed by atoms with Crippen LogP contribution in [0.25, 0.3) is 89.0 Å². The van der Waals surface area contributed by atoms with Crippen LogP contribution in [0, 0.1) is 0 Å². The van der Waals surface area contributed by atoms with Gasteiger partial charge in [0.15, 0.2) is 0 Å². The lowest BCUT2D eigenvalue weighted by molar-refractivity contribution is 0.522. The number of nitrogens with zero attached hydrogens (tertiary/aromatic N) is 2. The summed E-state index contributed by atoms with van der Waals surface area (Å²) in [7, 11) is 0. The fraction of sp³-hybridized carbons (Fsp3) is 0.150. The minimum Gasteiger partial charge on any atom is -0.310 e. The van der Waals surface area contributed by atoms with Gasteiger partial charge in [0, 0.05) is 44.8 Å². The molecule has 0 bridgehead atoms. The Balaban J connectivity index is 0.630. The monoisotopic (exact) mass is 1480 g/mol. The molecule has 0 aromatic heterocycles. The highest BCUT2D eigenvalue weighted by molar-refractivity contribution is 5.98. The molecule has 0 heterocycles. The topological polar surface area (TPSA) is 6.48 Å². The summed E-state index contributed by atoms with van der Waals surface area (Å²) in [5.41, 5.74) is 46.3. The first-order valence-electron chi connectivity index (χ1n) is 41.2. The van der Waals surface area contributed by atoms with Gasteiger partial charge in [-0.15, -0.1) is 0 Å². The maximum atomic E-state index is 2.56. The SMILES string of the molecule is CC(C)(C)c1ccc2c(c1)C1(c3ccccc3-c3ccccc31)c1cc(N(c3ccc(-c4ccc(CC(C)(C)c5ccc6c(c5)Cc5ccccc5-c5ccccc5Cc5cc(N(c7ccc8c(c7)C(C)(C)c7ccccc7-8)c7ccccc7-c7ccccc7)ccc5-6)cc4)cc3)c3ccc4c(c3)C(C)(C)c3ccccc3-4)ccc1-2. The highest BCUT2D eigenvalue weighted by Crippen LogP contribution is 2.65. The third-order valence-electron chi connectivity index (χ3n) is 26.7. The number of anilines is 6. The second-order valence-corrected chi connectivity index (χ2v) is 35.6. The lowest BCUT2D eigenvalue weighted by Crippen LogP contribution is -2.27. The number of rotatable bonds is 11. The van der Waals surface area contributed by atoms with E-state index in [1.54, 1.807) is 0 Å². The zero-order chi connectivity index (χ0) is 77.9. The Morgan fingerprint density at radius 3 is 1.14 bits per heavy atom. The van der Waals surface area contributed by atoms with E-state index in [0.29, 0.717) is 0 Å². The van der Waals surface area contributed by atoms with E-state index >= 15 is 0 Å². The second kappa shape index (κ2) is 26.4. The van der Waals surface area contributed by atoms with Crippen LogP contribution in [0.5, 0.6) is 0 Å². The maximum absolute atomic E-state index is 2.56. The van der Waals surface area contributed by atoms with E-state index in [1.807, 2.05) is 0 Å². The van der Waals surface area contributed by atoms with Gasteiger partial charge in [-0.1, -0.05) is 353 Å². The zero-order valence-electron chi connectivity index (χ0n) is 67.1. The molecule has 16 aromatic carbocycles. The normalized spacial score (nSPS) is 14.3. The predicted molar refractivity (Wildman–Crippen MR) is 483 cm³/mol. The first-order chi connectivity index (χ1) is 55.9. The van der Waals surface area contributed by atoms with Gasteiger partial charge in [-0.05, 0) is 264 Å². The number of para-hydroxylation sites is 1. The average Bonchev–Trinajstić information content (AvgIpc) is 1.50. The van der Waals surface area contributed by atoms with E-state index < -0.39 is 5.41 Å². The third-order valence-corrected chi connectivity index (χ3v) is 26.7. The highest BCUT2D eigenvalue weighted by Gasteiger charge is 2.52. The summed E-state index contributed by atoms with van der Waals surface area (Å²) < 4.78 is 0. The van der Waals surface area contributed by atoms with Crippen LogP contribution in [0.4, 0.5) is 34.1 Å². The molecule has 0 N–H and O–H groups in total. The van der Waals surface area contributed by atoms with Gasteiger partial charge in [0.25, 0.3) is 0 Å². The Morgan fingerprint density at radius 1 is 0.243 bits per heavy atom. The molecule has 554 valence electrons. The molecule has 2 nitrogen and oxygen atoms in total. The van der Waals surface area contributed by atoms with Crippen LogP contribution in [0.1, 0.15) is 146 Å². The van der Waals surface area contributed by atoms with E-state index in [9.17, 15) is 0 Å². The minimum absolute atomic E-state index is 0.0341. The van der Waals surface area contributed by atoms with Crippen LogP contribution in [-0.4, -0.2) is 0 Å².